The number of anilines is 2. The monoisotopic (exact) mass is 630 g/mol. The maximum atomic E-state index is 13.3. The first-order chi connectivity index (χ1) is 22.0. The highest BCUT2D eigenvalue weighted by molar-refractivity contribution is 8.00. The van der Waals surface area contributed by atoms with Gasteiger partial charge in [-0.2, -0.15) is 0 Å². The van der Waals surface area contributed by atoms with E-state index in [1.165, 1.54) is 23.1 Å². The van der Waals surface area contributed by atoms with Crippen molar-refractivity contribution in [1.82, 2.24) is 10.3 Å². The number of aromatic nitrogens is 1. The number of rotatable bonds is 10. The van der Waals surface area contributed by atoms with E-state index in [1.54, 1.807) is 60.7 Å². The maximum Gasteiger partial charge on any atom is 0.272 e. The largest absolute Gasteiger partial charge is 0.436 e. The van der Waals surface area contributed by atoms with Gasteiger partial charge in [0, 0.05) is 32.3 Å². The van der Waals surface area contributed by atoms with Crippen LogP contribution in [0.4, 0.5) is 11.4 Å². The topological polar surface area (TPSA) is 113 Å². The van der Waals surface area contributed by atoms with Gasteiger partial charge in [-0.3, -0.25) is 14.4 Å². The zero-order chi connectivity index (χ0) is 31.0. The van der Waals surface area contributed by atoms with Crippen molar-refractivity contribution in [3.8, 4) is 11.5 Å². The van der Waals surface area contributed by atoms with Gasteiger partial charge < -0.3 is 20.4 Å². The number of nitrogens with one attached hydrogen (secondary N) is 3. The lowest BCUT2D eigenvalue weighted by molar-refractivity contribution is -0.114. The molecule has 0 spiro atoms. The van der Waals surface area contributed by atoms with Crippen molar-refractivity contribution in [2.45, 2.75) is 4.90 Å². The zero-order valence-electron chi connectivity index (χ0n) is 23.7. The molecule has 4 aromatic carbocycles. The number of fused-ring (bicyclic) bond motifs is 1. The van der Waals surface area contributed by atoms with Crippen LogP contribution in [0.3, 0.4) is 0 Å². The summed E-state index contributed by atoms with van der Waals surface area (Å²) >= 11 is 2.79. The van der Waals surface area contributed by atoms with Crippen LogP contribution in [0, 0.1) is 0 Å². The molecule has 2 heterocycles. The summed E-state index contributed by atoms with van der Waals surface area (Å²) in [5.74, 6) is -0.335. The number of thiophene rings is 1. The summed E-state index contributed by atoms with van der Waals surface area (Å²) in [6, 6.07) is 34.5. The van der Waals surface area contributed by atoms with E-state index in [4.69, 9.17) is 4.42 Å². The van der Waals surface area contributed by atoms with Crippen molar-refractivity contribution < 1.29 is 18.8 Å². The van der Waals surface area contributed by atoms with E-state index >= 15 is 0 Å². The number of benzene rings is 4. The second kappa shape index (κ2) is 13.9. The Bertz CT molecular complexity index is 1950. The second-order valence-electron chi connectivity index (χ2n) is 9.78. The van der Waals surface area contributed by atoms with Crippen LogP contribution in [0.1, 0.15) is 15.2 Å². The van der Waals surface area contributed by atoms with E-state index in [2.05, 4.69) is 20.9 Å². The summed E-state index contributed by atoms with van der Waals surface area (Å²) in [5, 5.41) is 10.4. The molecule has 3 amide bonds. The summed E-state index contributed by atoms with van der Waals surface area (Å²) in [4.78, 5) is 44.9. The van der Waals surface area contributed by atoms with Gasteiger partial charge in [-0.15, -0.1) is 23.1 Å². The first-order valence-electron chi connectivity index (χ1n) is 13.9. The van der Waals surface area contributed by atoms with Crippen LogP contribution in [0.2, 0.25) is 0 Å². The molecule has 6 rings (SSSR count). The molecule has 10 heteroatoms. The summed E-state index contributed by atoms with van der Waals surface area (Å²) < 4.78 is 5.82. The van der Waals surface area contributed by atoms with Gasteiger partial charge in [0.2, 0.25) is 11.8 Å². The Morgan fingerprint density at radius 2 is 1.60 bits per heavy atom. The Morgan fingerprint density at radius 3 is 2.38 bits per heavy atom. The number of oxazole rings is 1. The van der Waals surface area contributed by atoms with Crippen LogP contribution in [-0.2, 0) is 9.59 Å². The third-order valence-electron chi connectivity index (χ3n) is 6.53. The normalized spacial score (nSPS) is 11.2. The average Bonchev–Trinajstić information content (AvgIpc) is 3.75. The van der Waals surface area contributed by atoms with E-state index < -0.39 is 5.91 Å². The smallest absolute Gasteiger partial charge is 0.272 e. The Balaban J connectivity index is 1.06. The Hall–Kier alpha value is -5.45. The Labute approximate surface area is 267 Å². The van der Waals surface area contributed by atoms with Crippen LogP contribution < -0.4 is 16.0 Å². The van der Waals surface area contributed by atoms with Crippen LogP contribution in [-0.4, -0.2) is 28.5 Å². The molecule has 0 bridgehead atoms. The first-order valence-corrected chi connectivity index (χ1v) is 15.8. The summed E-state index contributed by atoms with van der Waals surface area (Å²) in [7, 11) is 0. The van der Waals surface area contributed by atoms with Crippen LogP contribution in [0.25, 0.3) is 28.6 Å². The molecule has 0 unspecified atom stereocenters. The van der Waals surface area contributed by atoms with Crippen molar-refractivity contribution >= 4 is 69.4 Å². The highest BCUT2D eigenvalue weighted by Crippen LogP contribution is 2.26. The van der Waals surface area contributed by atoms with Crippen LogP contribution in [0.5, 0.6) is 0 Å². The first kappa shape index (κ1) is 29.6. The number of thioether (sulfide) groups is 1. The molecule has 0 atom stereocenters. The Kier molecular flexibility index (Phi) is 9.14. The second-order valence-corrected chi connectivity index (χ2v) is 11.8. The van der Waals surface area contributed by atoms with Gasteiger partial charge in [0.1, 0.15) is 11.2 Å². The predicted molar refractivity (Wildman–Crippen MR) is 180 cm³/mol. The van der Waals surface area contributed by atoms with Gasteiger partial charge in [-0.1, -0.05) is 42.5 Å². The zero-order valence-corrected chi connectivity index (χ0v) is 25.4. The van der Waals surface area contributed by atoms with E-state index in [0.29, 0.717) is 22.8 Å². The standard InChI is InChI=1S/C35H26N4O4S2/c40-32(36-25-17-15-24(16-18-25)35-39-29-13-4-5-14-31(29)43-35)22-45-27-11-6-10-26(20-27)37-34(42)30(21-28-12-7-19-44-28)38-33(41)23-8-2-1-3-9-23/h1-21H,22H2,(H,36,40)(H,37,42)(H,38,41)/b30-21-. The molecule has 0 aliphatic rings. The minimum Gasteiger partial charge on any atom is -0.436 e. The quantitative estimate of drug-likeness (QED) is 0.106. The molecule has 0 aliphatic carbocycles. The van der Waals surface area contributed by atoms with E-state index in [0.717, 1.165) is 26.4 Å². The maximum absolute atomic E-state index is 13.3. The minimum absolute atomic E-state index is 0.117. The fourth-order valence-electron chi connectivity index (χ4n) is 4.36. The molecule has 0 saturated carbocycles. The number of amides is 3. The molecule has 0 fully saturated rings. The predicted octanol–water partition coefficient (Wildman–Crippen LogP) is 7.70. The van der Waals surface area contributed by atoms with Gasteiger partial charge in [0.15, 0.2) is 5.58 Å². The van der Waals surface area contributed by atoms with Crippen molar-refractivity contribution in [1.29, 1.82) is 0 Å². The molecule has 8 nitrogen and oxygen atoms in total. The molecule has 0 radical (unpaired) electrons. The fourth-order valence-corrected chi connectivity index (χ4v) is 5.77. The number of carbonyl (C=O) groups excluding carboxylic acids is 3. The van der Waals surface area contributed by atoms with Crippen LogP contribution >= 0.6 is 23.1 Å². The van der Waals surface area contributed by atoms with Gasteiger partial charge in [-0.05, 0) is 84.3 Å². The summed E-state index contributed by atoms with van der Waals surface area (Å²) in [6.07, 6.45) is 1.64. The van der Waals surface area contributed by atoms with Gasteiger partial charge in [0.25, 0.3) is 11.8 Å². The van der Waals surface area contributed by atoms with Crippen molar-refractivity contribution in [3.63, 3.8) is 0 Å². The molecule has 45 heavy (non-hydrogen) atoms. The molecule has 0 aliphatic heterocycles. The van der Waals surface area contributed by atoms with Gasteiger partial charge in [0.05, 0.1) is 5.75 Å². The minimum atomic E-state index is -0.464. The summed E-state index contributed by atoms with van der Waals surface area (Å²) in [6.45, 7) is 0. The Morgan fingerprint density at radius 1 is 0.800 bits per heavy atom. The summed E-state index contributed by atoms with van der Waals surface area (Å²) in [5.41, 5.74) is 4.07. The van der Waals surface area contributed by atoms with E-state index in [-0.39, 0.29) is 23.3 Å². The molecular formula is C35H26N4O4S2. The van der Waals surface area contributed by atoms with Crippen molar-refractivity contribution in [2.24, 2.45) is 0 Å². The SMILES string of the molecule is O=C(CSc1cccc(NC(=O)/C(=C/c2cccs2)NC(=O)c2ccccc2)c1)Nc1ccc(-c2nc3ccccc3o2)cc1. The fraction of sp³-hybridized carbons (Fsp3) is 0.0286. The van der Waals surface area contributed by atoms with Crippen molar-refractivity contribution in [2.75, 3.05) is 16.4 Å². The van der Waals surface area contributed by atoms with Crippen molar-refractivity contribution in [3.05, 3.63) is 137 Å². The highest BCUT2D eigenvalue weighted by Gasteiger charge is 2.16. The van der Waals surface area contributed by atoms with E-state index in [1.807, 2.05) is 66.0 Å². The molecule has 6 aromatic rings. The molecule has 2 aromatic heterocycles. The van der Waals surface area contributed by atoms with Crippen LogP contribution in [0.15, 0.2) is 136 Å². The van der Waals surface area contributed by atoms with Gasteiger partial charge in [-0.25, -0.2) is 4.98 Å². The molecular weight excluding hydrogens is 605 g/mol. The average molecular weight is 631 g/mol. The lowest BCUT2D eigenvalue weighted by Crippen LogP contribution is -2.30. The van der Waals surface area contributed by atoms with Gasteiger partial charge >= 0.3 is 0 Å². The lowest BCUT2D eigenvalue weighted by atomic mass is 10.2. The molecule has 222 valence electrons. The third kappa shape index (κ3) is 7.74. The third-order valence-corrected chi connectivity index (χ3v) is 8.34. The highest BCUT2D eigenvalue weighted by atomic mass is 32.2. The lowest BCUT2D eigenvalue weighted by Gasteiger charge is -2.12. The number of para-hydroxylation sites is 2. The van der Waals surface area contributed by atoms with E-state index in [9.17, 15) is 14.4 Å². The number of hydrogen-bond donors (Lipinski definition) is 3. The molecule has 3 N–H and O–H groups in total. The molecule has 0 saturated heterocycles. The number of nitrogens with zero attached hydrogens (tertiary/aromatic N) is 1. The number of hydrogen-bond acceptors (Lipinski definition) is 7. The number of carbonyl (C=O) groups is 3.